The third-order valence-corrected chi connectivity index (χ3v) is 15.6. The van der Waals surface area contributed by atoms with Crippen molar-refractivity contribution in [1.82, 2.24) is 0 Å². The number of carbonyl (C=O) groups is 3. The van der Waals surface area contributed by atoms with Crippen LogP contribution in [-0.2, 0) is 28.6 Å². The SMILES string of the molecule is CCCCC/C=C\C/C=C\CCCCCCCCCCCC(=O)OC(COC(=O)CCCCCCC/C=C\CCCCCCCC)COC(=O)CCCCCCCCCCCCCCCCCCCCCCCCCCC. The van der Waals surface area contributed by atoms with Gasteiger partial charge in [0, 0.05) is 19.3 Å². The van der Waals surface area contributed by atoms with Gasteiger partial charge in [-0.25, -0.2) is 0 Å². The van der Waals surface area contributed by atoms with E-state index in [4.69, 9.17) is 14.2 Å². The molecule has 0 spiro atoms. The molecule has 452 valence electrons. The van der Waals surface area contributed by atoms with Gasteiger partial charge in [0.25, 0.3) is 0 Å². The molecule has 0 N–H and O–H groups in total. The van der Waals surface area contributed by atoms with Gasteiger partial charge in [-0.3, -0.25) is 14.4 Å². The van der Waals surface area contributed by atoms with Crippen molar-refractivity contribution in [1.29, 1.82) is 0 Å². The summed E-state index contributed by atoms with van der Waals surface area (Å²) in [6.07, 6.45) is 81.6. The zero-order valence-corrected chi connectivity index (χ0v) is 52.0. The average Bonchev–Trinajstić information content (AvgIpc) is 3.43. The summed E-state index contributed by atoms with van der Waals surface area (Å²) in [4.78, 5) is 38.4. The van der Waals surface area contributed by atoms with Gasteiger partial charge in [-0.2, -0.15) is 0 Å². The number of rotatable bonds is 64. The number of allylic oxidation sites excluding steroid dienone is 6. The van der Waals surface area contributed by atoms with Crippen molar-refractivity contribution in [3.05, 3.63) is 36.5 Å². The maximum absolute atomic E-state index is 12.9. The van der Waals surface area contributed by atoms with E-state index in [-0.39, 0.29) is 31.1 Å². The standard InChI is InChI=1S/C71H132O6/c1-4-7-10-13-16-19-22-25-28-30-32-33-34-35-36-37-39-40-43-46-49-52-55-58-61-64-70(73)76-67-68(66-75-69(72)63-60-57-54-51-48-45-42-27-24-21-18-15-12-9-6-3)77-71(74)65-62-59-56-53-50-47-44-41-38-31-29-26-23-20-17-14-11-8-5-2/h17,20,26-27,29,42,68H,4-16,18-19,21-25,28,30-41,43-67H2,1-3H3/b20-17-,29-26-,42-27-. The molecule has 6 nitrogen and oxygen atoms in total. The maximum Gasteiger partial charge on any atom is 0.306 e. The first-order valence-corrected chi connectivity index (χ1v) is 34.5. The Hall–Kier alpha value is -2.37. The Morgan fingerprint density at radius 2 is 0.468 bits per heavy atom. The summed E-state index contributed by atoms with van der Waals surface area (Å²) < 4.78 is 17.0. The van der Waals surface area contributed by atoms with Crippen LogP contribution in [0.5, 0.6) is 0 Å². The number of carbonyl (C=O) groups excluding carboxylic acids is 3. The Bertz CT molecular complexity index is 1290. The van der Waals surface area contributed by atoms with Gasteiger partial charge in [-0.05, 0) is 77.0 Å². The molecule has 0 heterocycles. The van der Waals surface area contributed by atoms with Crippen LogP contribution >= 0.6 is 0 Å². The lowest BCUT2D eigenvalue weighted by atomic mass is 10.0. The second kappa shape index (κ2) is 66.1. The van der Waals surface area contributed by atoms with Crippen LogP contribution in [0.1, 0.15) is 380 Å². The highest BCUT2D eigenvalue weighted by Crippen LogP contribution is 2.18. The normalized spacial score (nSPS) is 12.2. The summed E-state index contributed by atoms with van der Waals surface area (Å²) in [5, 5.41) is 0. The van der Waals surface area contributed by atoms with Crippen molar-refractivity contribution in [2.45, 2.75) is 386 Å². The van der Waals surface area contributed by atoms with E-state index in [1.165, 1.54) is 270 Å². The van der Waals surface area contributed by atoms with Gasteiger partial charge >= 0.3 is 17.9 Å². The molecular formula is C71H132O6. The lowest BCUT2D eigenvalue weighted by Crippen LogP contribution is -2.30. The Morgan fingerprint density at radius 3 is 0.753 bits per heavy atom. The van der Waals surface area contributed by atoms with Crippen molar-refractivity contribution < 1.29 is 28.6 Å². The summed E-state index contributed by atoms with van der Waals surface area (Å²) in [7, 11) is 0. The van der Waals surface area contributed by atoms with Crippen molar-refractivity contribution in [3.8, 4) is 0 Å². The Kier molecular flexibility index (Phi) is 64.1. The van der Waals surface area contributed by atoms with E-state index >= 15 is 0 Å². The number of esters is 3. The highest BCUT2D eigenvalue weighted by molar-refractivity contribution is 5.71. The summed E-state index contributed by atoms with van der Waals surface area (Å²) >= 11 is 0. The van der Waals surface area contributed by atoms with Gasteiger partial charge in [-0.15, -0.1) is 0 Å². The highest BCUT2D eigenvalue weighted by atomic mass is 16.6. The van der Waals surface area contributed by atoms with Crippen molar-refractivity contribution in [2.75, 3.05) is 13.2 Å². The predicted molar refractivity (Wildman–Crippen MR) is 335 cm³/mol. The van der Waals surface area contributed by atoms with E-state index in [0.717, 1.165) is 70.6 Å². The third-order valence-electron chi connectivity index (χ3n) is 15.6. The minimum atomic E-state index is -0.777. The fourth-order valence-electron chi connectivity index (χ4n) is 10.4. The van der Waals surface area contributed by atoms with E-state index in [2.05, 4.69) is 57.2 Å². The smallest absolute Gasteiger partial charge is 0.306 e. The summed E-state index contributed by atoms with van der Waals surface area (Å²) in [6, 6.07) is 0. The van der Waals surface area contributed by atoms with Crippen LogP contribution in [0.4, 0.5) is 0 Å². The van der Waals surface area contributed by atoms with E-state index < -0.39 is 6.10 Å². The predicted octanol–water partition coefficient (Wildman–Crippen LogP) is 23.6. The molecule has 0 bridgehead atoms. The van der Waals surface area contributed by atoms with E-state index in [0.29, 0.717) is 19.3 Å². The molecule has 0 saturated heterocycles. The quantitative estimate of drug-likeness (QED) is 0.0261. The molecule has 0 aromatic rings. The Labute approximate surface area is 480 Å². The summed E-state index contributed by atoms with van der Waals surface area (Å²) in [5.41, 5.74) is 0. The molecule has 1 atom stereocenters. The molecule has 0 saturated carbocycles. The Morgan fingerprint density at radius 1 is 0.260 bits per heavy atom. The summed E-state index contributed by atoms with van der Waals surface area (Å²) in [5.74, 6) is -0.858. The van der Waals surface area contributed by atoms with Gasteiger partial charge in [-0.1, -0.05) is 320 Å². The minimum Gasteiger partial charge on any atom is -0.462 e. The molecule has 0 aliphatic rings. The number of hydrogen-bond acceptors (Lipinski definition) is 6. The lowest BCUT2D eigenvalue weighted by molar-refractivity contribution is -0.167. The second-order valence-electron chi connectivity index (χ2n) is 23.4. The lowest BCUT2D eigenvalue weighted by Gasteiger charge is -2.18. The molecule has 0 aromatic carbocycles. The van der Waals surface area contributed by atoms with E-state index in [1.54, 1.807) is 0 Å². The van der Waals surface area contributed by atoms with Crippen LogP contribution in [0.2, 0.25) is 0 Å². The van der Waals surface area contributed by atoms with Gasteiger partial charge in [0.2, 0.25) is 0 Å². The van der Waals surface area contributed by atoms with Crippen molar-refractivity contribution in [3.63, 3.8) is 0 Å². The molecule has 77 heavy (non-hydrogen) atoms. The van der Waals surface area contributed by atoms with Crippen LogP contribution in [0.3, 0.4) is 0 Å². The largest absolute Gasteiger partial charge is 0.462 e. The summed E-state index contributed by atoms with van der Waals surface area (Å²) in [6.45, 7) is 6.67. The molecule has 0 fully saturated rings. The first-order chi connectivity index (χ1) is 38.0. The van der Waals surface area contributed by atoms with Gasteiger partial charge < -0.3 is 14.2 Å². The molecule has 0 radical (unpaired) electrons. The molecule has 1 unspecified atom stereocenters. The maximum atomic E-state index is 12.9. The molecular weight excluding hydrogens is 949 g/mol. The Balaban J connectivity index is 4.27. The zero-order valence-electron chi connectivity index (χ0n) is 52.0. The van der Waals surface area contributed by atoms with Gasteiger partial charge in [0.15, 0.2) is 6.10 Å². The molecule has 0 aliphatic heterocycles. The van der Waals surface area contributed by atoms with E-state index in [9.17, 15) is 14.4 Å². The van der Waals surface area contributed by atoms with Gasteiger partial charge in [0.1, 0.15) is 13.2 Å². The van der Waals surface area contributed by atoms with Crippen molar-refractivity contribution >= 4 is 17.9 Å². The molecule has 0 amide bonds. The second-order valence-corrected chi connectivity index (χ2v) is 23.4. The van der Waals surface area contributed by atoms with Crippen LogP contribution in [0.25, 0.3) is 0 Å². The topological polar surface area (TPSA) is 78.9 Å². The van der Waals surface area contributed by atoms with Crippen LogP contribution < -0.4 is 0 Å². The fraction of sp³-hybridized carbons (Fsp3) is 0.873. The number of ether oxygens (including phenoxy) is 3. The minimum absolute atomic E-state index is 0.0719. The first-order valence-electron chi connectivity index (χ1n) is 34.5. The first kappa shape index (κ1) is 74.6. The zero-order chi connectivity index (χ0) is 55.7. The van der Waals surface area contributed by atoms with Gasteiger partial charge in [0.05, 0.1) is 0 Å². The number of hydrogen-bond donors (Lipinski definition) is 0. The van der Waals surface area contributed by atoms with E-state index in [1.807, 2.05) is 0 Å². The van der Waals surface area contributed by atoms with Crippen LogP contribution in [0.15, 0.2) is 36.5 Å². The molecule has 0 rings (SSSR count). The fourth-order valence-corrected chi connectivity index (χ4v) is 10.4. The van der Waals surface area contributed by atoms with Crippen LogP contribution in [0, 0.1) is 0 Å². The third kappa shape index (κ3) is 64.3. The molecule has 6 heteroatoms. The average molecular weight is 1080 g/mol. The highest BCUT2D eigenvalue weighted by Gasteiger charge is 2.19. The monoisotopic (exact) mass is 1080 g/mol. The number of unbranched alkanes of at least 4 members (excludes halogenated alkanes) is 47. The van der Waals surface area contributed by atoms with Crippen LogP contribution in [-0.4, -0.2) is 37.2 Å². The van der Waals surface area contributed by atoms with Crippen molar-refractivity contribution in [2.24, 2.45) is 0 Å². The molecule has 0 aromatic heterocycles. The molecule has 0 aliphatic carbocycles.